The zero-order valence-corrected chi connectivity index (χ0v) is 14.1. The Labute approximate surface area is 148 Å². The van der Waals surface area contributed by atoms with Gasteiger partial charge in [0.05, 0.1) is 19.3 Å². The van der Waals surface area contributed by atoms with Crippen LogP contribution >= 0.6 is 0 Å². The molecule has 0 saturated heterocycles. The van der Waals surface area contributed by atoms with Crippen molar-refractivity contribution in [2.75, 3.05) is 7.11 Å². The summed E-state index contributed by atoms with van der Waals surface area (Å²) in [4.78, 5) is 12.5. The van der Waals surface area contributed by atoms with Crippen molar-refractivity contribution in [2.24, 2.45) is 5.73 Å². The fourth-order valence-electron chi connectivity index (χ4n) is 2.58. The molecular weight excluding hydrogens is 340 g/mol. The van der Waals surface area contributed by atoms with Crippen LogP contribution in [0.5, 0.6) is 5.75 Å². The summed E-state index contributed by atoms with van der Waals surface area (Å²) in [5, 5.41) is 4.31. The number of nitrogens with zero attached hydrogens (tertiary/aromatic N) is 2. The summed E-state index contributed by atoms with van der Waals surface area (Å²) < 4.78 is 33.2. The van der Waals surface area contributed by atoms with E-state index < -0.39 is 5.82 Å². The van der Waals surface area contributed by atoms with Gasteiger partial charge in [-0.25, -0.2) is 13.5 Å². The lowest BCUT2D eigenvalue weighted by atomic mass is 10.1. The van der Waals surface area contributed by atoms with Gasteiger partial charge >= 0.3 is 0 Å². The summed E-state index contributed by atoms with van der Waals surface area (Å²) >= 11 is 0. The van der Waals surface area contributed by atoms with E-state index in [1.807, 2.05) is 0 Å². The van der Waals surface area contributed by atoms with Crippen molar-refractivity contribution < 1.29 is 13.5 Å². The van der Waals surface area contributed by atoms with E-state index in [9.17, 15) is 13.6 Å². The van der Waals surface area contributed by atoms with Crippen molar-refractivity contribution >= 4 is 0 Å². The van der Waals surface area contributed by atoms with Crippen LogP contribution in [0.25, 0.3) is 11.3 Å². The molecule has 5 nitrogen and oxygen atoms in total. The Morgan fingerprint density at radius 2 is 1.85 bits per heavy atom. The maximum absolute atomic E-state index is 14.0. The first kappa shape index (κ1) is 17.8. The summed E-state index contributed by atoms with van der Waals surface area (Å²) in [5.41, 5.74) is 7.30. The molecular formula is C19H17F2N3O2. The average molecular weight is 357 g/mol. The second kappa shape index (κ2) is 7.45. The first-order valence-corrected chi connectivity index (χ1v) is 7.91. The normalized spacial score (nSPS) is 10.8. The molecule has 0 aliphatic rings. The third-order valence-electron chi connectivity index (χ3n) is 3.96. The highest BCUT2D eigenvalue weighted by Gasteiger charge is 2.12. The lowest BCUT2D eigenvalue weighted by molar-refractivity contribution is 0.386. The molecule has 0 saturated carbocycles. The molecule has 0 bridgehead atoms. The van der Waals surface area contributed by atoms with Gasteiger partial charge in [0.15, 0.2) is 11.6 Å². The molecule has 0 fully saturated rings. The molecule has 0 aliphatic carbocycles. The quantitative estimate of drug-likeness (QED) is 0.762. The first-order chi connectivity index (χ1) is 12.5. The van der Waals surface area contributed by atoms with Crippen LogP contribution in [-0.2, 0) is 13.1 Å². The topological polar surface area (TPSA) is 70.1 Å². The van der Waals surface area contributed by atoms with Crippen molar-refractivity contribution in [1.29, 1.82) is 0 Å². The van der Waals surface area contributed by atoms with Crippen molar-refractivity contribution in [3.05, 3.63) is 81.6 Å². The van der Waals surface area contributed by atoms with Crippen LogP contribution in [0, 0.1) is 11.6 Å². The highest BCUT2D eigenvalue weighted by molar-refractivity contribution is 5.60. The highest BCUT2D eigenvalue weighted by Crippen LogP contribution is 2.24. The molecule has 2 N–H and O–H groups in total. The van der Waals surface area contributed by atoms with Gasteiger partial charge in [-0.15, -0.1) is 0 Å². The number of rotatable bonds is 5. The van der Waals surface area contributed by atoms with Crippen molar-refractivity contribution in [2.45, 2.75) is 13.1 Å². The molecule has 0 spiro atoms. The van der Waals surface area contributed by atoms with Crippen LogP contribution in [0.4, 0.5) is 8.78 Å². The second-order valence-corrected chi connectivity index (χ2v) is 5.70. The molecule has 3 aromatic rings. The van der Waals surface area contributed by atoms with Crippen LogP contribution in [0.3, 0.4) is 0 Å². The van der Waals surface area contributed by atoms with Crippen molar-refractivity contribution in [3.8, 4) is 17.0 Å². The van der Waals surface area contributed by atoms with Gasteiger partial charge in [-0.3, -0.25) is 4.79 Å². The summed E-state index contributed by atoms with van der Waals surface area (Å²) in [6.45, 7) is 0.176. The minimum absolute atomic E-state index is 0.0242. The number of halogens is 2. The van der Waals surface area contributed by atoms with Gasteiger partial charge in [0.25, 0.3) is 5.56 Å². The van der Waals surface area contributed by atoms with Crippen LogP contribution in [0.15, 0.2) is 53.3 Å². The molecule has 0 aliphatic heterocycles. The molecule has 0 radical (unpaired) electrons. The SMILES string of the molecule is COc1ccc(-c2cc(CN)c(=O)n(Cc3ccc(F)cc3)n2)cc1F. The van der Waals surface area contributed by atoms with E-state index in [4.69, 9.17) is 10.5 Å². The Balaban J connectivity index is 2.05. The predicted octanol–water partition coefficient (Wildman–Crippen LogP) is 2.70. The second-order valence-electron chi connectivity index (χ2n) is 5.70. The lowest BCUT2D eigenvalue weighted by Crippen LogP contribution is -2.28. The number of methoxy groups -OCH3 is 1. The largest absolute Gasteiger partial charge is 0.494 e. The van der Waals surface area contributed by atoms with E-state index in [0.29, 0.717) is 22.4 Å². The predicted molar refractivity (Wildman–Crippen MR) is 93.8 cm³/mol. The minimum atomic E-state index is -0.530. The maximum atomic E-state index is 14.0. The van der Waals surface area contributed by atoms with Gasteiger partial charge in [0.2, 0.25) is 0 Å². The molecule has 1 aromatic heterocycles. The summed E-state index contributed by atoms with van der Waals surface area (Å²) in [6, 6.07) is 11.7. The van der Waals surface area contributed by atoms with Gasteiger partial charge < -0.3 is 10.5 Å². The van der Waals surface area contributed by atoms with Crippen LogP contribution in [0.1, 0.15) is 11.1 Å². The van der Waals surface area contributed by atoms with E-state index in [-0.39, 0.29) is 30.2 Å². The molecule has 0 unspecified atom stereocenters. The lowest BCUT2D eigenvalue weighted by Gasteiger charge is -2.11. The van der Waals surface area contributed by atoms with Gasteiger partial charge in [-0.1, -0.05) is 12.1 Å². The Kier molecular flexibility index (Phi) is 5.09. The van der Waals surface area contributed by atoms with E-state index >= 15 is 0 Å². The van der Waals surface area contributed by atoms with Crippen LogP contribution < -0.4 is 16.0 Å². The van der Waals surface area contributed by atoms with Gasteiger partial charge in [-0.05, 0) is 42.0 Å². The summed E-state index contributed by atoms with van der Waals surface area (Å²) in [5.74, 6) is -0.774. The third-order valence-corrected chi connectivity index (χ3v) is 3.96. The molecule has 0 atom stereocenters. The van der Waals surface area contributed by atoms with Gasteiger partial charge in [0.1, 0.15) is 5.82 Å². The molecule has 134 valence electrons. The number of ether oxygens (including phenoxy) is 1. The average Bonchev–Trinajstić information content (AvgIpc) is 2.65. The van der Waals surface area contributed by atoms with E-state index in [2.05, 4.69) is 5.10 Å². The number of aromatic nitrogens is 2. The molecule has 1 heterocycles. The Bertz CT molecular complexity index is 985. The summed E-state index contributed by atoms with van der Waals surface area (Å²) in [6.07, 6.45) is 0. The molecule has 3 rings (SSSR count). The van der Waals surface area contributed by atoms with E-state index in [0.717, 1.165) is 0 Å². The number of hydrogen-bond acceptors (Lipinski definition) is 4. The summed E-state index contributed by atoms with van der Waals surface area (Å²) in [7, 11) is 1.38. The fourth-order valence-corrected chi connectivity index (χ4v) is 2.58. The molecule has 2 aromatic carbocycles. The first-order valence-electron chi connectivity index (χ1n) is 7.91. The standard InChI is InChI=1S/C19H17F2N3O2/c1-26-18-7-4-13(8-16(18)21)17-9-14(10-22)19(25)24(23-17)11-12-2-5-15(20)6-3-12/h2-9H,10-11,22H2,1H3. The zero-order valence-electron chi connectivity index (χ0n) is 14.1. The Hall–Kier alpha value is -3.06. The van der Waals surface area contributed by atoms with E-state index in [1.54, 1.807) is 24.3 Å². The monoisotopic (exact) mass is 357 g/mol. The third kappa shape index (κ3) is 3.62. The fraction of sp³-hybridized carbons (Fsp3) is 0.158. The molecule has 7 heteroatoms. The smallest absolute Gasteiger partial charge is 0.271 e. The molecule has 26 heavy (non-hydrogen) atoms. The Morgan fingerprint density at radius 1 is 1.12 bits per heavy atom. The highest BCUT2D eigenvalue weighted by atomic mass is 19.1. The van der Waals surface area contributed by atoms with Gasteiger partial charge in [0, 0.05) is 17.7 Å². The van der Waals surface area contributed by atoms with Crippen LogP contribution in [0.2, 0.25) is 0 Å². The number of hydrogen-bond donors (Lipinski definition) is 1. The van der Waals surface area contributed by atoms with E-state index in [1.165, 1.54) is 36.1 Å². The van der Waals surface area contributed by atoms with Crippen molar-refractivity contribution in [3.63, 3.8) is 0 Å². The van der Waals surface area contributed by atoms with Gasteiger partial charge in [-0.2, -0.15) is 5.10 Å². The molecule has 0 amide bonds. The van der Waals surface area contributed by atoms with Crippen LogP contribution in [-0.4, -0.2) is 16.9 Å². The number of benzene rings is 2. The zero-order chi connectivity index (χ0) is 18.7. The maximum Gasteiger partial charge on any atom is 0.271 e. The number of nitrogens with two attached hydrogens (primary N) is 1. The van der Waals surface area contributed by atoms with Crippen molar-refractivity contribution in [1.82, 2.24) is 9.78 Å². The Morgan fingerprint density at radius 3 is 2.46 bits per heavy atom. The minimum Gasteiger partial charge on any atom is -0.494 e.